The van der Waals surface area contributed by atoms with E-state index >= 15 is 0 Å². The first-order chi connectivity index (χ1) is 40.9. The summed E-state index contributed by atoms with van der Waals surface area (Å²) in [5, 5.41) is 2.98. The number of nitrogens with one attached hydrogen (secondary N) is 1. The molecule has 1 N–H and O–H groups in total. The molecule has 1 amide bonds. The zero-order chi connectivity index (χ0) is 61.4. The molecule has 0 fully saturated rings. The lowest BCUT2D eigenvalue weighted by Gasteiger charge is -2.30. The van der Waals surface area contributed by atoms with Crippen LogP contribution in [0.5, 0.6) is 0 Å². The number of amides is 1. The summed E-state index contributed by atoms with van der Waals surface area (Å²) in [4.78, 5) is 40.1. The topological polar surface area (TPSA) is 114 Å². The highest BCUT2D eigenvalue weighted by atomic mass is 31.2. The molecule has 0 aromatic rings. The number of carbonyl (C=O) groups is 2. The second-order valence-corrected chi connectivity index (χ2v) is 24.3. The minimum Gasteiger partial charge on any atom is -0.756 e. The number of allylic oxidation sites excluding steroid dienone is 25. The lowest BCUT2D eigenvalue weighted by Crippen LogP contribution is -2.47. The Labute approximate surface area is 516 Å². The predicted molar refractivity (Wildman–Crippen MR) is 362 cm³/mol. The first kappa shape index (κ1) is 79.6. The smallest absolute Gasteiger partial charge is 0.306 e. The average Bonchev–Trinajstić information content (AvgIpc) is 3.65. The molecule has 0 aromatic carbocycles. The zero-order valence-corrected chi connectivity index (χ0v) is 55.2. The van der Waals surface area contributed by atoms with Crippen LogP contribution >= 0.6 is 7.82 Å². The van der Waals surface area contributed by atoms with Gasteiger partial charge in [0.2, 0.25) is 5.91 Å². The van der Waals surface area contributed by atoms with Crippen LogP contribution in [0.4, 0.5) is 0 Å². The van der Waals surface area contributed by atoms with Gasteiger partial charge in [0, 0.05) is 12.8 Å². The summed E-state index contributed by atoms with van der Waals surface area (Å²) in [6.07, 6.45) is 90.9. The van der Waals surface area contributed by atoms with Gasteiger partial charge in [-0.1, -0.05) is 269 Å². The van der Waals surface area contributed by atoms with Crippen LogP contribution < -0.4 is 10.2 Å². The Morgan fingerprint density at radius 2 is 0.774 bits per heavy atom. The largest absolute Gasteiger partial charge is 0.756 e. The quantitative estimate of drug-likeness (QED) is 0.0212. The fourth-order valence-electron chi connectivity index (χ4n) is 8.66. The second-order valence-electron chi connectivity index (χ2n) is 22.9. The zero-order valence-electron chi connectivity index (χ0n) is 54.3. The standard InChI is InChI=1S/C74H123N2O7P/c1-7-10-13-16-19-22-25-28-30-32-34-35-36-37-38-39-40-41-43-45-47-49-52-55-58-61-64-67-74(78)83-72(65-62-59-56-53-50-27-24-21-18-15-12-9-3)71(70-82-84(79,80)81-69-68-76(4,5)6)75-73(77)66-63-60-57-54-51-48-46-44-42-33-31-29-26-23-20-17-14-11-8-2/h10-11,13-14,19-20,22-23,28-31,34-35,37-38,40-42,44,48,51,57,60,62,65,71-72H,7-9,12,15-18,21,24-27,32-33,36,39,43,45-47,49-50,52-56,58-59,61,63-64,66-70H2,1-6H3,(H-,75,77,79,80)/b13-10-,14-11-,22-19-,23-20-,30-28-,31-29-,35-34-,38-37-,41-40-,44-42-,51-48-,60-57-,65-62-. The molecule has 476 valence electrons. The Bertz CT molecular complexity index is 1990. The number of esters is 1. The van der Waals surface area contributed by atoms with E-state index in [0.717, 1.165) is 122 Å². The highest BCUT2D eigenvalue weighted by molar-refractivity contribution is 7.45. The number of nitrogens with zero attached hydrogens (tertiary/aromatic N) is 1. The highest BCUT2D eigenvalue weighted by Gasteiger charge is 2.27. The van der Waals surface area contributed by atoms with Gasteiger partial charge in [-0.25, -0.2) is 0 Å². The van der Waals surface area contributed by atoms with Gasteiger partial charge in [-0.05, 0) is 122 Å². The number of unbranched alkanes of at least 4 members (excludes halogenated alkanes) is 18. The Morgan fingerprint density at radius 3 is 1.17 bits per heavy atom. The predicted octanol–water partition coefficient (Wildman–Crippen LogP) is 20.5. The van der Waals surface area contributed by atoms with Gasteiger partial charge in [0.1, 0.15) is 19.3 Å². The van der Waals surface area contributed by atoms with Crippen LogP contribution in [0.25, 0.3) is 0 Å². The minimum absolute atomic E-state index is 0.0461. The molecular weight excluding hydrogens is 1060 g/mol. The van der Waals surface area contributed by atoms with Gasteiger partial charge in [-0.15, -0.1) is 0 Å². The van der Waals surface area contributed by atoms with Crippen LogP contribution in [0.15, 0.2) is 158 Å². The molecular formula is C74H123N2O7P. The van der Waals surface area contributed by atoms with Gasteiger partial charge in [-0.3, -0.25) is 14.2 Å². The molecule has 9 nitrogen and oxygen atoms in total. The summed E-state index contributed by atoms with van der Waals surface area (Å²) in [6.45, 7) is 6.53. The number of hydrogen-bond acceptors (Lipinski definition) is 7. The molecule has 0 aliphatic carbocycles. The fraction of sp³-hybridized carbons (Fsp3) is 0.622. The summed E-state index contributed by atoms with van der Waals surface area (Å²) in [6, 6.07) is -0.945. The molecule has 0 bridgehead atoms. The van der Waals surface area contributed by atoms with Crippen LogP contribution in [0, 0.1) is 0 Å². The van der Waals surface area contributed by atoms with E-state index in [2.05, 4.69) is 160 Å². The molecule has 0 heterocycles. The van der Waals surface area contributed by atoms with Gasteiger partial charge in [-0.2, -0.15) is 0 Å². The fourth-order valence-corrected chi connectivity index (χ4v) is 9.39. The second kappa shape index (κ2) is 61.7. The third-order valence-corrected chi connectivity index (χ3v) is 14.7. The average molecular weight is 1180 g/mol. The summed E-state index contributed by atoms with van der Waals surface area (Å²) in [7, 11) is 1.11. The van der Waals surface area contributed by atoms with Crippen LogP contribution in [-0.2, 0) is 27.9 Å². The first-order valence-corrected chi connectivity index (χ1v) is 34.8. The monoisotopic (exact) mass is 1180 g/mol. The molecule has 0 aliphatic heterocycles. The number of hydrogen-bond donors (Lipinski definition) is 1. The third kappa shape index (κ3) is 62.2. The Balaban J connectivity index is 5.26. The van der Waals surface area contributed by atoms with E-state index in [-0.39, 0.29) is 31.3 Å². The lowest BCUT2D eigenvalue weighted by atomic mass is 10.0. The number of phosphoric acid groups is 1. The number of quaternary nitrogens is 1. The van der Waals surface area contributed by atoms with Gasteiger partial charge in [0.25, 0.3) is 7.82 Å². The molecule has 0 rings (SSSR count). The molecule has 0 aliphatic rings. The van der Waals surface area contributed by atoms with E-state index < -0.39 is 26.6 Å². The van der Waals surface area contributed by atoms with Crippen molar-refractivity contribution in [2.75, 3.05) is 40.9 Å². The van der Waals surface area contributed by atoms with Crippen molar-refractivity contribution in [3.05, 3.63) is 158 Å². The van der Waals surface area contributed by atoms with Crippen molar-refractivity contribution in [1.29, 1.82) is 0 Å². The van der Waals surface area contributed by atoms with Crippen LogP contribution in [-0.4, -0.2) is 69.4 Å². The van der Waals surface area contributed by atoms with E-state index in [9.17, 15) is 19.0 Å². The molecule has 10 heteroatoms. The first-order valence-electron chi connectivity index (χ1n) is 33.3. The van der Waals surface area contributed by atoms with E-state index in [1.54, 1.807) is 6.08 Å². The molecule has 3 atom stereocenters. The summed E-state index contributed by atoms with van der Waals surface area (Å²) in [5.74, 6) is -0.660. The Hall–Kier alpha value is -4.37. The van der Waals surface area contributed by atoms with Crippen molar-refractivity contribution < 1.29 is 37.3 Å². The number of rotatable bonds is 58. The normalized spacial score (nSPS) is 14.6. The van der Waals surface area contributed by atoms with Gasteiger partial charge >= 0.3 is 5.97 Å². The number of carbonyl (C=O) groups excluding carboxylic acids is 2. The van der Waals surface area contributed by atoms with Gasteiger partial charge in [0.15, 0.2) is 0 Å². The lowest BCUT2D eigenvalue weighted by molar-refractivity contribution is -0.870. The SMILES string of the molecule is CC/C=C\C/C=C\C/C=C\C/C=C\C/C=C\C/C=C\CCCCCCCCCCC(=O)OC(/C=C\CCCCCCCCCCCC)C(COP(=O)([O-])OCC[N+](C)(C)C)NC(=O)CC/C=C\C/C=C\C/C=C\C/C=C\C/C=C\C/C=C\CC. The van der Waals surface area contributed by atoms with Crippen LogP contribution in [0.1, 0.15) is 245 Å². The maximum Gasteiger partial charge on any atom is 0.306 e. The van der Waals surface area contributed by atoms with Gasteiger partial charge < -0.3 is 28.5 Å². The van der Waals surface area contributed by atoms with E-state index in [0.29, 0.717) is 23.9 Å². The molecule has 0 saturated heterocycles. The molecule has 0 spiro atoms. The molecule has 3 unspecified atom stereocenters. The summed E-state index contributed by atoms with van der Waals surface area (Å²) in [5.41, 5.74) is 0. The van der Waals surface area contributed by atoms with Crippen molar-refractivity contribution in [2.24, 2.45) is 0 Å². The Kier molecular flexibility index (Phi) is 58.5. The summed E-state index contributed by atoms with van der Waals surface area (Å²) >= 11 is 0. The van der Waals surface area contributed by atoms with E-state index in [1.165, 1.54) is 77.0 Å². The van der Waals surface area contributed by atoms with Crippen molar-refractivity contribution in [3.63, 3.8) is 0 Å². The van der Waals surface area contributed by atoms with E-state index in [4.69, 9.17) is 13.8 Å². The molecule has 84 heavy (non-hydrogen) atoms. The van der Waals surface area contributed by atoms with Gasteiger partial charge in [0.05, 0.1) is 33.8 Å². The molecule has 0 aromatic heterocycles. The Morgan fingerprint density at radius 1 is 0.429 bits per heavy atom. The number of ether oxygens (including phenoxy) is 1. The number of likely N-dealkylation sites (N-methyl/N-ethyl adjacent to an activating group) is 1. The number of phosphoric ester groups is 1. The van der Waals surface area contributed by atoms with Crippen molar-refractivity contribution in [2.45, 2.75) is 258 Å². The summed E-state index contributed by atoms with van der Waals surface area (Å²) < 4.78 is 30.3. The molecule has 0 radical (unpaired) electrons. The molecule has 0 saturated carbocycles. The van der Waals surface area contributed by atoms with E-state index in [1.807, 2.05) is 39.4 Å². The maximum absolute atomic E-state index is 13.5. The van der Waals surface area contributed by atoms with Crippen molar-refractivity contribution in [1.82, 2.24) is 5.32 Å². The van der Waals surface area contributed by atoms with Crippen molar-refractivity contribution >= 4 is 19.7 Å². The van der Waals surface area contributed by atoms with Crippen molar-refractivity contribution in [3.8, 4) is 0 Å². The third-order valence-electron chi connectivity index (χ3n) is 13.7. The highest BCUT2D eigenvalue weighted by Crippen LogP contribution is 2.38. The minimum atomic E-state index is -4.74. The maximum atomic E-state index is 13.5. The van der Waals surface area contributed by atoms with Crippen LogP contribution in [0.3, 0.4) is 0 Å². The van der Waals surface area contributed by atoms with Crippen LogP contribution in [0.2, 0.25) is 0 Å².